The first-order valence-corrected chi connectivity index (χ1v) is 4.92. The molecule has 2 rings (SSSR count). The van der Waals surface area contributed by atoms with Gasteiger partial charge in [0.05, 0.1) is 6.04 Å². The summed E-state index contributed by atoms with van der Waals surface area (Å²) >= 11 is 0. The third-order valence-corrected chi connectivity index (χ3v) is 2.53. The van der Waals surface area contributed by atoms with Gasteiger partial charge in [0, 0.05) is 6.04 Å². The van der Waals surface area contributed by atoms with E-state index in [-0.39, 0.29) is 0 Å². The summed E-state index contributed by atoms with van der Waals surface area (Å²) in [5, 5.41) is 11.6. The maximum Gasteiger partial charge on any atom is 0.150 e. The molecule has 4 nitrogen and oxygen atoms in total. The van der Waals surface area contributed by atoms with Crippen LogP contribution in [0.2, 0.25) is 0 Å². The van der Waals surface area contributed by atoms with Gasteiger partial charge in [0.1, 0.15) is 12.2 Å². The van der Waals surface area contributed by atoms with Crippen molar-refractivity contribution in [2.24, 2.45) is 0 Å². The molecule has 1 aromatic heterocycles. The van der Waals surface area contributed by atoms with E-state index in [0.717, 1.165) is 12.4 Å². The molecule has 2 heterocycles. The van der Waals surface area contributed by atoms with Crippen molar-refractivity contribution in [3.63, 3.8) is 0 Å². The largest absolute Gasteiger partial charge is 0.314 e. The van der Waals surface area contributed by atoms with Gasteiger partial charge in [-0.2, -0.15) is 0 Å². The fraction of sp³-hybridized carbons (Fsp3) is 0.778. The standard InChI is InChI=1S/C9H16N4/c1-7(2)13-6-11-12-9(13)8-4-3-5-10-8/h6-8,10H,3-5H2,1-2H3/t8-/m0/s1. The molecule has 1 saturated heterocycles. The summed E-state index contributed by atoms with van der Waals surface area (Å²) in [6.45, 7) is 5.42. The molecule has 4 heteroatoms. The Hall–Kier alpha value is -0.900. The van der Waals surface area contributed by atoms with Crippen molar-refractivity contribution in [1.82, 2.24) is 20.1 Å². The molecule has 0 spiro atoms. The summed E-state index contributed by atoms with van der Waals surface area (Å²) in [6.07, 6.45) is 4.25. The Balaban J connectivity index is 2.23. The Kier molecular flexibility index (Phi) is 2.31. The number of hydrogen-bond donors (Lipinski definition) is 1. The quantitative estimate of drug-likeness (QED) is 0.745. The predicted octanol–water partition coefficient (Wildman–Crippen LogP) is 1.28. The van der Waals surface area contributed by atoms with Crippen molar-refractivity contribution >= 4 is 0 Å². The van der Waals surface area contributed by atoms with Crippen LogP contribution >= 0.6 is 0 Å². The summed E-state index contributed by atoms with van der Waals surface area (Å²) in [4.78, 5) is 0. The summed E-state index contributed by atoms with van der Waals surface area (Å²) in [5.74, 6) is 1.09. The number of hydrogen-bond acceptors (Lipinski definition) is 3. The zero-order valence-corrected chi connectivity index (χ0v) is 8.20. The minimum Gasteiger partial charge on any atom is -0.314 e. The monoisotopic (exact) mass is 180 g/mol. The van der Waals surface area contributed by atoms with E-state index in [2.05, 4.69) is 33.9 Å². The van der Waals surface area contributed by atoms with Crippen LogP contribution in [-0.2, 0) is 0 Å². The molecule has 1 aliphatic rings. The Morgan fingerprint density at radius 3 is 3.08 bits per heavy atom. The van der Waals surface area contributed by atoms with Gasteiger partial charge in [-0.1, -0.05) is 0 Å². The molecule has 0 aromatic carbocycles. The van der Waals surface area contributed by atoms with E-state index >= 15 is 0 Å². The van der Waals surface area contributed by atoms with Gasteiger partial charge in [-0.3, -0.25) is 0 Å². The second kappa shape index (κ2) is 3.46. The van der Waals surface area contributed by atoms with Crippen molar-refractivity contribution in [2.45, 2.75) is 38.8 Å². The Labute approximate surface area is 78.4 Å². The minimum atomic E-state index is 0.421. The predicted molar refractivity (Wildman–Crippen MR) is 50.4 cm³/mol. The summed E-state index contributed by atoms with van der Waals surface area (Å²) in [7, 11) is 0. The van der Waals surface area contributed by atoms with E-state index in [0.29, 0.717) is 12.1 Å². The van der Waals surface area contributed by atoms with Gasteiger partial charge < -0.3 is 9.88 Å². The average Bonchev–Trinajstić information content (AvgIpc) is 2.74. The van der Waals surface area contributed by atoms with E-state index in [1.165, 1.54) is 12.8 Å². The molecule has 0 bridgehead atoms. The maximum atomic E-state index is 4.17. The highest BCUT2D eigenvalue weighted by Crippen LogP contribution is 2.22. The van der Waals surface area contributed by atoms with Gasteiger partial charge in [-0.05, 0) is 33.2 Å². The molecule has 0 amide bonds. The van der Waals surface area contributed by atoms with Crippen molar-refractivity contribution in [1.29, 1.82) is 0 Å². The third kappa shape index (κ3) is 1.58. The van der Waals surface area contributed by atoms with E-state index in [4.69, 9.17) is 0 Å². The van der Waals surface area contributed by atoms with Crippen LogP contribution in [0, 0.1) is 0 Å². The number of aromatic nitrogens is 3. The van der Waals surface area contributed by atoms with Crippen LogP contribution in [0.15, 0.2) is 6.33 Å². The fourth-order valence-corrected chi connectivity index (χ4v) is 1.80. The van der Waals surface area contributed by atoms with Gasteiger partial charge in [-0.15, -0.1) is 10.2 Å². The van der Waals surface area contributed by atoms with Gasteiger partial charge in [0.15, 0.2) is 0 Å². The molecule has 1 aliphatic heterocycles. The molecule has 1 N–H and O–H groups in total. The van der Waals surface area contributed by atoms with Crippen molar-refractivity contribution in [3.05, 3.63) is 12.2 Å². The van der Waals surface area contributed by atoms with E-state index < -0.39 is 0 Å². The van der Waals surface area contributed by atoms with Crippen molar-refractivity contribution < 1.29 is 0 Å². The normalized spacial score (nSPS) is 22.8. The summed E-state index contributed by atoms with van der Waals surface area (Å²) in [5.41, 5.74) is 0. The zero-order chi connectivity index (χ0) is 9.26. The second-order valence-electron chi connectivity index (χ2n) is 3.84. The molecule has 72 valence electrons. The first-order valence-electron chi connectivity index (χ1n) is 4.92. The van der Waals surface area contributed by atoms with E-state index in [9.17, 15) is 0 Å². The average molecular weight is 180 g/mol. The molecule has 1 fully saturated rings. The van der Waals surface area contributed by atoms with Crippen LogP contribution in [0.1, 0.15) is 44.6 Å². The highest BCUT2D eigenvalue weighted by molar-refractivity contribution is 4.98. The van der Waals surface area contributed by atoms with Gasteiger partial charge >= 0.3 is 0 Å². The lowest BCUT2D eigenvalue weighted by atomic mass is 10.2. The Bertz CT molecular complexity index is 273. The number of rotatable bonds is 2. The van der Waals surface area contributed by atoms with Gasteiger partial charge in [0.2, 0.25) is 0 Å². The topological polar surface area (TPSA) is 42.7 Å². The number of nitrogens with one attached hydrogen (secondary N) is 1. The molecular formula is C9H16N4. The molecule has 0 radical (unpaired) electrons. The lowest BCUT2D eigenvalue weighted by molar-refractivity contribution is 0.507. The van der Waals surface area contributed by atoms with Crippen molar-refractivity contribution in [3.8, 4) is 0 Å². The highest BCUT2D eigenvalue weighted by atomic mass is 15.3. The molecule has 0 saturated carbocycles. The first-order chi connectivity index (χ1) is 6.29. The lowest BCUT2D eigenvalue weighted by Gasteiger charge is -2.14. The van der Waals surface area contributed by atoms with Crippen LogP contribution in [0.25, 0.3) is 0 Å². The zero-order valence-electron chi connectivity index (χ0n) is 8.20. The highest BCUT2D eigenvalue weighted by Gasteiger charge is 2.21. The van der Waals surface area contributed by atoms with Crippen LogP contribution in [0.4, 0.5) is 0 Å². The third-order valence-electron chi connectivity index (χ3n) is 2.53. The molecule has 1 atom stereocenters. The Morgan fingerprint density at radius 2 is 2.46 bits per heavy atom. The summed E-state index contributed by atoms with van der Waals surface area (Å²) < 4.78 is 2.14. The summed E-state index contributed by atoms with van der Waals surface area (Å²) in [6, 6.07) is 0.872. The smallest absolute Gasteiger partial charge is 0.150 e. The van der Waals surface area contributed by atoms with Gasteiger partial charge in [-0.25, -0.2) is 0 Å². The molecule has 1 aromatic rings. The first kappa shape index (κ1) is 8.69. The van der Waals surface area contributed by atoms with Crippen LogP contribution in [0.3, 0.4) is 0 Å². The minimum absolute atomic E-state index is 0.421. The Morgan fingerprint density at radius 1 is 1.62 bits per heavy atom. The maximum absolute atomic E-state index is 4.17. The van der Waals surface area contributed by atoms with Gasteiger partial charge in [0.25, 0.3) is 0 Å². The molecule has 13 heavy (non-hydrogen) atoms. The SMILES string of the molecule is CC(C)n1cnnc1[C@@H]1CCCN1. The van der Waals surface area contributed by atoms with Crippen molar-refractivity contribution in [2.75, 3.05) is 6.54 Å². The second-order valence-corrected chi connectivity index (χ2v) is 3.84. The molecular weight excluding hydrogens is 164 g/mol. The lowest BCUT2D eigenvalue weighted by Crippen LogP contribution is -2.18. The number of nitrogens with zero attached hydrogens (tertiary/aromatic N) is 3. The van der Waals surface area contributed by atoms with E-state index in [1.807, 2.05) is 6.33 Å². The molecule has 0 aliphatic carbocycles. The van der Waals surface area contributed by atoms with E-state index in [1.54, 1.807) is 0 Å². The van der Waals surface area contributed by atoms with Crippen LogP contribution < -0.4 is 5.32 Å². The van der Waals surface area contributed by atoms with Crippen LogP contribution in [0.5, 0.6) is 0 Å². The fourth-order valence-electron chi connectivity index (χ4n) is 1.80. The molecule has 0 unspecified atom stereocenters. The van der Waals surface area contributed by atoms with Crippen LogP contribution in [-0.4, -0.2) is 21.3 Å².